The van der Waals surface area contributed by atoms with Gasteiger partial charge in [0.15, 0.2) is 0 Å². The van der Waals surface area contributed by atoms with Gasteiger partial charge in [0.1, 0.15) is 66.7 Å². The first-order valence-corrected chi connectivity index (χ1v) is 34.3. The highest BCUT2D eigenvalue weighted by atomic mass is 35.5. The van der Waals surface area contributed by atoms with Crippen LogP contribution in [0.4, 0.5) is 9.59 Å². The Kier molecular flexibility index (Phi) is 34.2. The number of amides is 8. The van der Waals surface area contributed by atoms with Crippen LogP contribution < -0.4 is 47.9 Å². The van der Waals surface area contributed by atoms with Gasteiger partial charge in [0.2, 0.25) is 35.4 Å². The summed E-state index contributed by atoms with van der Waals surface area (Å²) in [5.74, 6) is -5.66. The van der Waals surface area contributed by atoms with Crippen LogP contribution in [0.25, 0.3) is 0 Å². The molecule has 0 radical (unpaired) electrons. The van der Waals surface area contributed by atoms with Crippen LogP contribution in [0, 0.1) is 24.7 Å². The summed E-state index contributed by atoms with van der Waals surface area (Å²) in [6.45, 7) is 21.0. The van der Waals surface area contributed by atoms with Gasteiger partial charge >= 0.3 is 24.1 Å². The van der Waals surface area contributed by atoms with Crippen molar-refractivity contribution < 1.29 is 66.9 Å². The molecule has 1 unspecified atom stereocenters. The van der Waals surface area contributed by atoms with E-state index in [1.54, 1.807) is 45.0 Å². The van der Waals surface area contributed by atoms with Gasteiger partial charge in [-0.05, 0) is 154 Å². The molecule has 8 atom stereocenters. The summed E-state index contributed by atoms with van der Waals surface area (Å²) >= 11 is 7.55. The second-order valence-electron chi connectivity index (χ2n) is 26.4. The first-order valence-electron chi connectivity index (χ1n) is 32.7. The number of hydrogen-bond acceptors (Lipinski definition) is 16. The van der Waals surface area contributed by atoms with Gasteiger partial charge in [-0.2, -0.15) is 11.8 Å². The Labute approximate surface area is 553 Å². The van der Waals surface area contributed by atoms with Gasteiger partial charge in [-0.25, -0.2) is 14.4 Å². The van der Waals surface area contributed by atoms with E-state index in [9.17, 15) is 47.9 Å². The van der Waals surface area contributed by atoms with Crippen molar-refractivity contribution in [2.45, 2.75) is 245 Å². The third-order valence-electron chi connectivity index (χ3n) is 15.2. The molecule has 2 aromatic carbocycles. The van der Waals surface area contributed by atoms with Gasteiger partial charge in [-0.3, -0.25) is 33.6 Å². The van der Waals surface area contributed by atoms with E-state index < -0.39 is 114 Å². The van der Waals surface area contributed by atoms with Gasteiger partial charge in [0.05, 0.1) is 0 Å². The molecule has 25 heteroatoms. The highest BCUT2D eigenvalue weighted by Gasteiger charge is 2.36. The fourth-order valence-electron chi connectivity index (χ4n) is 10.3. The van der Waals surface area contributed by atoms with Gasteiger partial charge in [0.25, 0.3) is 0 Å². The van der Waals surface area contributed by atoms with E-state index in [-0.39, 0.29) is 81.3 Å². The number of benzene rings is 2. The topological polar surface area (TPSA) is 316 Å². The van der Waals surface area contributed by atoms with Crippen LogP contribution >= 0.6 is 23.4 Å². The lowest BCUT2D eigenvalue weighted by Gasteiger charge is -2.29. The molecule has 8 amide bonds. The van der Waals surface area contributed by atoms with Crippen LogP contribution in [0.3, 0.4) is 0 Å². The number of rotatable bonds is 36. The molecule has 2 aliphatic rings. The minimum Gasteiger partial charge on any atom is -0.462 e. The molecule has 23 nitrogen and oxygen atoms in total. The van der Waals surface area contributed by atoms with E-state index in [1.165, 1.54) is 18.7 Å². The molecule has 1 saturated heterocycles. The zero-order valence-corrected chi connectivity index (χ0v) is 57.5. The van der Waals surface area contributed by atoms with E-state index in [4.69, 9.17) is 30.5 Å². The minimum atomic E-state index is -1.47. The van der Waals surface area contributed by atoms with Crippen molar-refractivity contribution in [3.05, 3.63) is 70.2 Å². The number of piperidine rings is 1. The van der Waals surface area contributed by atoms with Gasteiger partial charge in [-0.15, -0.1) is 0 Å². The SMILES string of the molecule is Cc1ccc(CSC[C@H](NC(=O)[C@H](CC(C)C)NC(=O)[C@H](C)NC(=O)OC(C)(C)C)C(=O)N[C@@H](CCC(=O)OC2CCCCC2)C(=O)N[C@@H](CC(C)C)C(=O)N[C@@H](CC(C)C)C(=O)N[C@@H](CCCCNC(=O)OCc2ccccc2Cl)C(=O)OC2CCCNC2)cc1. The monoisotopic (exact) mass is 1330 g/mol. The Bertz CT molecular complexity index is 2700. The average molecular weight is 1330 g/mol. The van der Waals surface area contributed by atoms with Crippen molar-refractivity contribution in [1.82, 2.24) is 47.9 Å². The number of carbonyl (C=O) groups is 10. The van der Waals surface area contributed by atoms with E-state index in [1.807, 2.05) is 72.7 Å². The van der Waals surface area contributed by atoms with E-state index >= 15 is 0 Å². The summed E-state index contributed by atoms with van der Waals surface area (Å²) in [7, 11) is 0. The molecule has 514 valence electrons. The van der Waals surface area contributed by atoms with Crippen molar-refractivity contribution in [1.29, 1.82) is 0 Å². The zero-order valence-electron chi connectivity index (χ0n) is 55.9. The Morgan fingerprint density at radius 3 is 1.68 bits per heavy atom. The summed E-state index contributed by atoms with van der Waals surface area (Å²) in [5.41, 5.74) is 1.80. The third kappa shape index (κ3) is 30.8. The Morgan fingerprint density at radius 1 is 0.587 bits per heavy atom. The lowest BCUT2D eigenvalue weighted by Crippen LogP contribution is -2.60. The lowest BCUT2D eigenvalue weighted by atomic mass is 9.98. The summed E-state index contributed by atoms with van der Waals surface area (Å²) in [4.78, 5) is 139. The van der Waals surface area contributed by atoms with Crippen LogP contribution in [-0.4, -0.2) is 145 Å². The summed E-state index contributed by atoms with van der Waals surface area (Å²) in [5, 5.41) is 25.7. The molecule has 1 heterocycles. The number of aryl methyl sites for hydroxylation is 1. The van der Waals surface area contributed by atoms with Gasteiger partial charge < -0.3 is 66.8 Å². The Morgan fingerprint density at radius 2 is 1.12 bits per heavy atom. The third-order valence-corrected chi connectivity index (χ3v) is 16.7. The second-order valence-corrected chi connectivity index (χ2v) is 27.8. The number of esters is 2. The fourth-order valence-corrected chi connectivity index (χ4v) is 11.5. The highest BCUT2D eigenvalue weighted by molar-refractivity contribution is 7.98. The standard InChI is InChI=1S/C67H104ClN9O14S/c1-41(2)34-53(74-58(79)45(8)71-66(87)91-67(9,10)11)62(83)77-56(40-92-39-46-28-26-44(7)27-29-46)63(84)72-51(30-31-57(78)89-48-21-13-12-14-22-48)59(80)75-55(36-43(5)6)61(82)76-54(35-42(3)4)60(81)73-52(64(85)90-49-23-19-32-69-37-49)25-17-18-33-70-65(86)88-38-47-20-15-16-24-50(47)68/h15-16,20,24,26-29,41-43,45,48-49,51-56,69H,12-14,17-19,21-23,25,30-40H2,1-11H3,(H,70,86)(H,71,87)(H,72,84)(H,73,81)(H,74,79)(H,75,80)(H,76,82)(H,77,83)/t45-,49?,51-,52-,53-,54-,55-,56-/m0/s1. The van der Waals surface area contributed by atoms with E-state index in [2.05, 4.69) is 47.9 Å². The minimum absolute atomic E-state index is 0.00387. The summed E-state index contributed by atoms with van der Waals surface area (Å²) < 4.78 is 22.4. The maximum Gasteiger partial charge on any atom is 0.408 e. The number of ether oxygens (including phenoxy) is 4. The molecule has 4 rings (SSSR count). The first-order chi connectivity index (χ1) is 43.5. The smallest absolute Gasteiger partial charge is 0.408 e. The van der Waals surface area contributed by atoms with Crippen molar-refractivity contribution in [2.75, 3.05) is 25.4 Å². The normalized spacial score (nSPS) is 16.7. The van der Waals surface area contributed by atoms with Crippen molar-refractivity contribution in [3.63, 3.8) is 0 Å². The maximum atomic E-state index is 14.9. The van der Waals surface area contributed by atoms with Crippen LogP contribution in [0.2, 0.25) is 5.02 Å². The van der Waals surface area contributed by atoms with Gasteiger partial charge in [-0.1, -0.05) is 108 Å². The van der Waals surface area contributed by atoms with Crippen LogP contribution in [-0.2, 0) is 69.7 Å². The quantitative estimate of drug-likeness (QED) is 0.0178. The predicted molar refractivity (Wildman–Crippen MR) is 354 cm³/mol. The van der Waals surface area contributed by atoms with Crippen molar-refractivity contribution in [2.24, 2.45) is 17.8 Å². The number of nitrogens with one attached hydrogen (secondary N) is 9. The van der Waals surface area contributed by atoms with Gasteiger partial charge in [0, 0.05) is 41.6 Å². The average Bonchev–Trinajstić information content (AvgIpc) is 2.76. The molecular formula is C67H104ClN9O14S. The molecule has 1 aliphatic heterocycles. The van der Waals surface area contributed by atoms with Crippen molar-refractivity contribution in [3.8, 4) is 0 Å². The molecule has 2 fully saturated rings. The van der Waals surface area contributed by atoms with E-state index in [0.717, 1.165) is 43.4 Å². The van der Waals surface area contributed by atoms with Crippen molar-refractivity contribution >= 4 is 82.9 Å². The molecule has 0 bridgehead atoms. The molecule has 9 N–H and O–H groups in total. The number of carbonyl (C=O) groups excluding carboxylic acids is 10. The Hall–Kier alpha value is -6.66. The number of hydrogen-bond donors (Lipinski definition) is 9. The lowest BCUT2D eigenvalue weighted by molar-refractivity contribution is -0.154. The number of alkyl carbamates (subject to hydrolysis) is 2. The second kappa shape index (κ2) is 40.5. The summed E-state index contributed by atoms with van der Waals surface area (Å²) in [6.07, 6.45) is 4.15. The number of unbranched alkanes of at least 4 members (excludes halogenated alkanes) is 1. The van der Waals surface area contributed by atoms with E-state index in [0.29, 0.717) is 55.0 Å². The van der Waals surface area contributed by atoms with Crippen LogP contribution in [0.1, 0.15) is 182 Å². The zero-order chi connectivity index (χ0) is 67.9. The largest absolute Gasteiger partial charge is 0.462 e. The molecular weight excluding hydrogens is 1220 g/mol. The van der Waals surface area contributed by atoms with Crippen LogP contribution in [0.5, 0.6) is 0 Å². The molecule has 0 spiro atoms. The predicted octanol–water partition coefficient (Wildman–Crippen LogP) is 7.89. The highest BCUT2D eigenvalue weighted by Crippen LogP contribution is 2.23. The number of halogens is 1. The maximum absolute atomic E-state index is 14.9. The summed E-state index contributed by atoms with van der Waals surface area (Å²) in [6, 6.07) is 6.13. The van der Waals surface area contributed by atoms with Crippen LogP contribution in [0.15, 0.2) is 48.5 Å². The molecule has 92 heavy (non-hydrogen) atoms. The molecule has 2 aromatic rings. The molecule has 1 aliphatic carbocycles. The molecule has 1 saturated carbocycles. The Balaban J connectivity index is 1.58. The molecule has 0 aromatic heterocycles. The number of thioether (sulfide) groups is 1. The first kappa shape index (κ1) is 77.8. The fraction of sp³-hybridized carbons (Fsp3) is 0.672.